The van der Waals surface area contributed by atoms with Crippen molar-refractivity contribution in [3.8, 4) is 0 Å². The van der Waals surface area contributed by atoms with Gasteiger partial charge in [-0.25, -0.2) is 4.99 Å². The molecule has 94 valence electrons. The van der Waals surface area contributed by atoms with Crippen molar-refractivity contribution in [3.05, 3.63) is 40.0 Å². The molecule has 2 nitrogen and oxygen atoms in total. The lowest BCUT2D eigenvalue weighted by Crippen LogP contribution is -2.09. The van der Waals surface area contributed by atoms with Gasteiger partial charge in [-0.05, 0) is 30.2 Å². The molecule has 0 aliphatic carbocycles. The summed E-state index contributed by atoms with van der Waals surface area (Å²) in [5.41, 5.74) is 6.60. The van der Waals surface area contributed by atoms with Crippen LogP contribution in [0.2, 0.25) is 10.0 Å². The van der Waals surface area contributed by atoms with Gasteiger partial charge in [0.25, 0.3) is 0 Å². The molecule has 0 aromatic heterocycles. The molecule has 0 amide bonds. The maximum absolute atomic E-state index is 5.88. The Labute approximate surface area is 118 Å². The Morgan fingerprint density at radius 2 is 2.06 bits per heavy atom. The monoisotopic (exact) mass is 292 g/mol. The second-order valence-electron chi connectivity index (χ2n) is 3.36. The highest BCUT2D eigenvalue weighted by molar-refractivity contribution is 6.42. The van der Waals surface area contributed by atoms with Crippen LogP contribution in [0.4, 0.5) is 0 Å². The Hall–Kier alpha value is -0.700. The molecule has 0 bridgehead atoms. The predicted molar refractivity (Wildman–Crippen MR) is 79.3 cm³/mol. The number of nitrogens with zero attached hydrogens (tertiary/aromatic N) is 1. The third kappa shape index (κ3) is 5.97. The summed E-state index contributed by atoms with van der Waals surface area (Å²) in [6.45, 7) is 2.06. The number of hydrogen-bond donors (Lipinski definition) is 1. The fraction of sp³-hybridized carbons (Fsp3) is 0.250. The molecule has 17 heavy (non-hydrogen) atoms. The average molecular weight is 294 g/mol. The lowest BCUT2D eigenvalue weighted by Gasteiger charge is -1.97. The molecule has 0 heterocycles. The van der Waals surface area contributed by atoms with Crippen molar-refractivity contribution in [2.24, 2.45) is 10.7 Å². The van der Waals surface area contributed by atoms with Crippen LogP contribution in [0.5, 0.6) is 0 Å². The highest BCUT2D eigenvalue weighted by Crippen LogP contribution is 2.23. The van der Waals surface area contributed by atoms with Crippen molar-refractivity contribution in [2.75, 3.05) is 0 Å². The van der Waals surface area contributed by atoms with E-state index in [9.17, 15) is 0 Å². The molecule has 0 atom stereocenters. The van der Waals surface area contributed by atoms with Gasteiger partial charge in [-0.3, -0.25) is 0 Å². The van der Waals surface area contributed by atoms with Gasteiger partial charge in [-0.1, -0.05) is 36.2 Å². The van der Waals surface area contributed by atoms with E-state index in [0.717, 1.165) is 18.4 Å². The summed E-state index contributed by atoms with van der Waals surface area (Å²) in [6, 6.07) is 5.41. The van der Waals surface area contributed by atoms with E-state index in [1.165, 1.54) is 0 Å². The molecule has 1 aromatic rings. The quantitative estimate of drug-likeness (QED) is 0.642. The van der Waals surface area contributed by atoms with Crippen LogP contribution < -0.4 is 5.73 Å². The van der Waals surface area contributed by atoms with E-state index < -0.39 is 0 Å². The van der Waals surface area contributed by atoms with Crippen molar-refractivity contribution >= 4 is 47.5 Å². The van der Waals surface area contributed by atoms with Crippen LogP contribution in [0, 0.1) is 0 Å². The molecular formula is C12H15Cl3N2. The molecule has 1 rings (SSSR count). The Morgan fingerprint density at radius 3 is 2.65 bits per heavy atom. The van der Waals surface area contributed by atoms with Crippen LogP contribution in [0.15, 0.2) is 29.4 Å². The van der Waals surface area contributed by atoms with Gasteiger partial charge in [0.05, 0.1) is 15.9 Å². The summed E-state index contributed by atoms with van der Waals surface area (Å²) in [6.07, 6.45) is 5.32. The molecule has 0 spiro atoms. The number of aliphatic imine (C=N–C) groups is 1. The third-order valence-corrected chi connectivity index (χ3v) is 2.70. The van der Waals surface area contributed by atoms with Crippen molar-refractivity contribution in [1.29, 1.82) is 0 Å². The molecule has 0 saturated carbocycles. The molecule has 0 radical (unpaired) electrons. The van der Waals surface area contributed by atoms with Crippen LogP contribution in [0.1, 0.15) is 25.3 Å². The molecular weight excluding hydrogens is 279 g/mol. The van der Waals surface area contributed by atoms with Crippen molar-refractivity contribution in [2.45, 2.75) is 19.8 Å². The normalized spacial score (nSPS) is 11.6. The standard InChI is InChI=1S/C12H14Cl2N2.ClH/c1-2-3-12(15)16-7-6-9-4-5-10(13)11(14)8-9;/h4-8H,2-3H2,1H3,(H2,15,16);1H. The van der Waals surface area contributed by atoms with Crippen molar-refractivity contribution in [3.63, 3.8) is 0 Å². The van der Waals surface area contributed by atoms with E-state index in [2.05, 4.69) is 11.9 Å². The summed E-state index contributed by atoms with van der Waals surface area (Å²) in [5, 5.41) is 1.09. The van der Waals surface area contributed by atoms with Gasteiger partial charge in [0.1, 0.15) is 0 Å². The number of hydrogen-bond acceptors (Lipinski definition) is 1. The van der Waals surface area contributed by atoms with Gasteiger partial charge in [0.15, 0.2) is 0 Å². The molecule has 0 aliphatic heterocycles. The van der Waals surface area contributed by atoms with Crippen molar-refractivity contribution < 1.29 is 0 Å². The Bertz CT molecular complexity index is 414. The Kier molecular flexibility index (Phi) is 8.05. The first-order valence-corrected chi connectivity index (χ1v) is 5.83. The van der Waals surface area contributed by atoms with E-state index in [0.29, 0.717) is 15.9 Å². The predicted octanol–water partition coefficient (Wildman–Crippen LogP) is 4.54. The first-order valence-electron chi connectivity index (χ1n) is 5.07. The number of amidine groups is 1. The minimum Gasteiger partial charge on any atom is -0.387 e. The zero-order valence-electron chi connectivity index (χ0n) is 9.49. The maximum atomic E-state index is 5.88. The van der Waals surface area contributed by atoms with Gasteiger partial charge < -0.3 is 5.73 Å². The highest BCUT2D eigenvalue weighted by Gasteiger charge is 1.96. The molecule has 0 unspecified atom stereocenters. The van der Waals surface area contributed by atoms with Crippen LogP contribution in [-0.4, -0.2) is 5.84 Å². The van der Waals surface area contributed by atoms with E-state index in [1.807, 2.05) is 12.1 Å². The van der Waals surface area contributed by atoms with Crippen LogP contribution in [0.25, 0.3) is 6.08 Å². The van der Waals surface area contributed by atoms with Gasteiger partial charge in [-0.2, -0.15) is 0 Å². The van der Waals surface area contributed by atoms with Gasteiger partial charge in [0, 0.05) is 12.6 Å². The van der Waals surface area contributed by atoms with Crippen LogP contribution in [0.3, 0.4) is 0 Å². The summed E-state index contributed by atoms with van der Waals surface area (Å²) in [4.78, 5) is 4.10. The number of nitrogens with two attached hydrogens (primary N) is 1. The molecule has 2 N–H and O–H groups in total. The topological polar surface area (TPSA) is 38.4 Å². The fourth-order valence-corrected chi connectivity index (χ4v) is 1.46. The summed E-state index contributed by atoms with van der Waals surface area (Å²) >= 11 is 11.7. The van der Waals surface area contributed by atoms with Crippen LogP contribution >= 0.6 is 35.6 Å². The smallest absolute Gasteiger partial charge is 0.0988 e. The number of benzene rings is 1. The lowest BCUT2D eigenvalue weighted by molar-refractivity contribution is 0.983. The zero-order chi connectivity index (χ0) is 12.0. The minimum absolute atomic E-state index is 0. The Balaban J connectivity index is 0.00000256. The second-order valence-corrected chi connectivity index (χ2v) is 4.17. The molecule has 0 aliphatic rings. The first kappa shape index (κ1) is 16.3. The van der Waals surface area contributed by atoms with E-state index in [-0.39, 0.29) is 12.4 Å². The number of rotatable bonds is 4. The summed E-state index contributed by atoms with van der Waals surface area (Å²) in [7, 11) is 0. The van der Waals surface area contributed by atoms with Gasteiger partial charge >= 0.3 is 0 Å². The summed E-state index contributed by atoms with van der Waals surface area (Å²) < 4.78 is 0. The molecule has 0 saturated heterocycles. The minimum atomic E-state index is 0. The van der Waals surface area contributed by atoms with Gasteiger partial charge in [-0.15, -0.1) is 12.4 Å². The molecule has 0 fully saturated rings. The average Bonchev–Trinajstić information content (AvgIpc) is 2.24. The van der Waals surface area contributed by atoms with Crippen molar-refractivity contribution in [1.82, 2.24) is 0 Å². The fourth-order valence-electron chi connectivity index (χ4n) is 1.16. The maximum Gasteiger partial charge on any atom is 0.0988 e. The second kappa shape index (κ2) is 8.40. The highest BCUT2D eigenvalue weighted by atomic mass is 35.5. The van der Waals surface area contributed by atoms with Crippen LogP contribution in [-0.2, 0) is 0 Å². The first-order chi connectivity index (χ1) is 7.63. The number of halogens is 3. The third-order valence-electron chi connectivity index (χ3n) is 1.96. The molecule has 1 aromatic carbocycles. The van der Waals surface area contributed by atoms with E-state index >= 15 is 0 Å². The zero-order valence-corrected chi connectivity index (χ0v) is 11.8. The van der Waals surface area contributed by atoms with E-state index in [4.69, 9.17) is 28.9 Å². The summed E-state index contributed by atoms with van der Waals surface area (Å²) in [5.74, 6) is 0.638. The Morgan fingerprint density at radius 1 is 1.35 bits per heavy atom. The SMILES string of the molecule is CCCC(N)=NC=Cc1ccc(Cl)c(Cl)c1.Cl. The largest absolute Gasteiger partial charge is 0.387 e. The lowest BCUT2D eigenvalue weighted by atomic mass is 10.2. The molecule has 5 heteroatoms. The van der Waals surface area contributed by atoms with Gasteiger partial charge in [0.2, 0.25) is 0 Å². The van der Waals surface area contributed by atoms with E-state index in [1.54, 1.807) is 18.3 Å².